The molecule has 1 aromatic rings. The van der Waals surface area contributed by atoms with Crippen molar-refractivity contribution < 1.29 is 23.1 Å². The molecule has 0 spiro atoms. The van der Waals surface area contributed by atoms with E-state index >= 15 is 0 Å². The van der Waals surface area contributed by atoms with E-state index in [1.165, 1.54) is 19.3 Å². The number of hydrogen-bond donors (Lipinski definition) is 1. The molecule has 0 aromatic heterocycles. The summed E-state index contributed by atoms with van der Waals surface area (Å²) >= 11 is 0. The first kappa shape index (κ1) is 15.5. The van der Waals surface area contributed by atoms with Crippen LogP contribution >= 0.6 is 0 Å². The van der Waals surface area contributed by atoms with Crippen molar-refractivity contribution in [3.63, 3.8) is 0 Å². The van der Waals surface area contributed by atoms with Crippen molar-refractivity contribution in [3.8, 4) is 0 Å². The van der Waals surface area contributed by atoms with Crippen molar-refractivity contribution in [1.82, 2.24) is 0 Å². The number of rotatable bonds is 4. The van der Waals surface area contributed by atoms with Crippen LogP contribution in [0.15, 0.2) is 53.8 Å². The second-order valence-corrected chi connectivity index (χ2v) is 7.00. The van der Waals surface area contributed by atoms with Gasteiger partial charge in [-0.2, -0.15) is 0 Å². The number of aliphatic hydroxyl groups is 1. The van der Waals surface area contributed by atoms with Gasteiger partial charge in [0.05, 0.1) is 0 Å². The van der Waals surface area contributed by atoms with Gasteiger partial charge in [-0.25, -0.2) is 8.42 Å². The van der Waals surface area contributed by atoms with Crippen molar-refractivity contribution in [2.75, 3.05) is 13.4 Å². The van der Waals surface area contributed by atoms with Crippen molar-refractivity contribution in [1.29, 1.82) is 0 Å². The summed E-state index contributed by atoms with van der Waals surface area (Å²) in [5, 5.41) is 10.2. The van der Waals surface area contributed by atoms with Crippen LogP contribution in [0.25, 0.3) is 0 Å². The Morgan fingerprint density at radius 3 is 2.38 bits per heavy atom. The molecular weight excluding hydrogens is 292 g/mol. The highest BCUT2D eigenvalue weighted by molar-refractivity contribution is 7.92. The Labute approximate surface area is 123 Å². The first-order valence-corrected chi connectivity index (χ1v) is 8.13. The number of sulfone groups is 1. The van der Waals surface area contributed by atoms with Gasteiger partial charge in [-0.15, -0.1) is 0 Å². The molecule has 0 amide bonds. The van der Waals surface area contributed by atoms with Crippen LogP contribution in [0.3, 0.4) is 0 Å². The molecule has 0 fully saturated rings. The van der Waals surface area contributed by atoms with Crippen LogP contribution in [0.1, 0.15) is 11.5 Å². The molecule has 0 heterocycles. The van der Waals surface area contributed by atoms with Gasteiger partial charge in [-0.3, -0.25) is 4.79 Å². The van der Waals surface area contributed by atoms with Gasteiger partial charge in [0, 0.05) is 24.9 Å². The molecular formula is C15H16O5S. The summed E-state index contributed by atoms with van der Waals surface area (Å²) in [6, 6.07) is 9.03. The molecule has 0 saturated carbocycles. The summed E-state index contributed by atoms with van der Waals surface area (Å²) in [5.74, 6) is -0.944. The Morgan fingerprint density at radius 2 is 1.90 bits per heavy atom. The Bertz CT molecular complexity index is 703. The van der Waals surface area contributed by atoms with E-state index < -0.39 is 26.4 Å². The largest absolute Gasteiger partial charge is 0.508 e. The fraction of sp³-hybridized carbons (Fsp3) is 0.267. The summed E-state index contributed by atoms with van der Waals surface area (Å²) in [5.41, 5.74) is 1.01. The van der Waals surface area contributed by atoms with Gasteiger partial charge in [-0.05, 0) is 17.7 Å². The smallest absolute Gasteiger partial charge is 0.244 e. The summed E-state index contributed by atoms with van der Waals surface area (Å²) in [4.78, 5) is 9.35. The molecule has 1 N–H and O–H groups in total. The zero-order chi connectivity index (χ0) is 15.7. The summed E-state index contributed by atoms with van der Waals surface area (Å²) < 4.78 is 29.0. The second-order valence-electron chi connectivity index (χ2n) is 4.85. The zero-order valence-electron chi connectivity index (χ0n) is 11.7. The van der Waals surface area contributed by atoms with E-state index in [1.807, 2.05) is 6.07 Å². The van der Waals surface area contributed by atoms with E-state index in [0.29, 0.717) is 6.29 Å². The molecule has 21 heavy (non-hydrogen) atoms. The van der Waals surface area contributed by atoms with Crippen LogP contribution in [-0.4, -0.2) is 38.1 Å². The minimum Gasteiger partial charge on any atom is -0.508 e. The van der Waals surface area contributed by atoms with Crippen molar-refractivity contribution in [3.05, 3.63) is 59.4 Å². The number of carbonyl (C=O) groups is 1. The van der Waals surface area contributed by atoms with Gasteiger partial charge >= 0.3 is 0 Å². The first-order valence-electron chi connectivity index (χ1n) is 6.24. The van der Waals surface area contributed by atoms with Crippen LogP contribution in [0, 0.1) is 0 Å². The number of allylic oxidation sites excluding steroid dienone is 2. The summed E-state index contributed by atoms with van der Waals surface area (Å²) in [6.45, 7) is 0. The Hall–Kier alpha value is -1.92. The molecule has 0 radical (unpaired) electrons. The molecule has 112 valence electrons. The molecule has 0 aliphatic heterocycles. The molecule has 6 heteroatoms. The predicted octanol–water partition coefficient (Wildman–Crippen LogP) is 1.74. The van der Waals surface area contributed by atoms with Gasteiger partial charge in [0.2, 0.25) is 4.93 Å². The molecule has 1 aromatic carbocycles. The summed E-state index contributed by atoms with van der Waals surface area (Å²) in [7, 11) is -2.64. The topological polar surface area (TPSA) is 80.7 Å². The molecule has 0 saturated heterocycles. The van der Waals surface area contributed by atoms with Crippen LogP contribution in [-0.2, 0) is 19.4 Å². The number of aliphatic hydroxyl groups excluding tert-OH is 1. The molecule has 2 unspecified atom stereocenters. The maximum atomic E-state index is 12.0. The molecule has 1 aliphatic carbocycles. The lowest BCUT2D eigenvalue weighted by Gasteiger charge is -2.32. The van der Waals surface area contributed by atoms with E-state index in [0.717, 1.165) is 11.8 Å². The minimum absolute atomic E-state index is 0.228. The molecule has 2 atom stereocenters. The Kier molecular flexibility index (Phi) is 4.02. The van der Waals surface area contributed by atoms with E-state index in [-0.39, 0.29) is 5.57 Å². The quantitative estimate of drug-likeness (QED) is 0.857. The molecule has 0 bridgehead atoms. The average molecular weight is 308 g/mol. The standard InChI is InChI=1S/C15H16O5S/c1-20-15(21(2,18)19)9-12(10-16)13(8-14(15)17)11-6-4-3-5-7-11/h3-10,13,17H,1-2H3. The van der Waals surface area contributed by atoms with Crippen LogP contribution < -0.4 is 0 Å². The van der Waals surface area contributed by atoms with Crippen LogP contribution in [0.2, 0.25) is 0 Å². The maximum absolute atomic E-state index is 12.0. The van der Waals surface area contributed by atoms with Crippen LogP contribution in [0.5, 0.6) is 0 Å². The fourth-order valence-electron chi connectivity index (χ4n) is 2.42. The van der Waals surface area contributed by atoms with Gasteiger partial charge < -0.3 is 9.84 Å². The molecule has 5 nitrogen and oxygen atoms in total. The van der Waals surface area contributed by atoms with E-state index in [1.54, 1.807) is 24.3 Å². The van der Waals surface area contributed by atoms with Crippen molar-refractivity contribution in [2.24, 2.45) is 0 Å². The molecule has 2 rings (SSSR count). The normalized spacial score (nSPS) is 25.9. The Balaban J connectivity index is 2.61. The average Bonchev–Trinajstić information content (AvgIpc) is 2.46. The van der Waals surface area contributed by atoms with E-state index in [2.05, 4.69) is 0 Å². The monoisotopic (exact) mass is 308 g/mol. The Morgan fingerprint density at radius 1 is 1.29 bits per heavy atom. The van der Waals surface area contributed by atoms with Crippen LogP contribution in [0.4, 0.5) is 0 Å². The van der Waals surface area contributed by atoms with E-state index in [9.17, 15) is 18.3 Å². The number of ether oxygens (including phenoxy) is 1. The number of benzene rings is 1. The third-order valence-electron chi connectivity index (χ3n) is 3.55. The third kappa shape index (κ3) is 2.52. The number of hydrogen-bond acceptors (Lipinski definition) is 5. The van der Waals surface area contributed by atoms with Gasteiger partial charge in [-0.1, -0.05) is 30.3 Å². The second kappa shape index (κ2) is 5.46. The lowest BCUT2D eigenvalue weighted by Crippen LogP contribution is -2.42. The number of aldehydes is 1. The summed E-state index contributed by atoms with van der Waals surface area (Å²) in [6.07, 6.45) is 4.04. The van der Waals surface area contributed by atoms with Gasteiger partial charge in [0.1, 0.15) is 12.0 Å². The lowest BCUT2D eigenvalue weighted by atomic mass is 9.86. The van der Waals surface area contributed by atoms with E-state index in [4.69, 9.17) is 4.74 Å². The van der Waals surface area contributed by atoms with Crippen molar-refractivity contribution >= 4 is 16.1 Å². The SMILES string of the molecule is COC1(S(C)(=O)=O)C=C(C=O)C(c2ccccc2)C=C1O. The van der Waals surface area contributed by atoms with Gasteiger partial charge in [0.15, 0.2) is 9.84 Å². The minimum atomic E-state index is -3.81. The number of methoxy groups -OCH3 is 1. The van der Waals surface area contributed by atoms with Crippen molar-refractivity contribution in [2.45, 2.75) is 10.9 Å². The zero-order valence-corrected chi connectivity index (χ0v) is 12.5. The van der Waals surface area contributed by atoms with Gasteiger partial charge in [0.25, 0.3) is 0 Å². The highest BCUT2D eigenvalue weighted by Crippen LogP contribution is 2.39. The highest BCUT2D eigenvalue weighted by Gasteiger charge is 2.47. The maximum Gasteiger partial charge on any atom is 0.244 e. The fourth-order valence-corrected chi connectivity index (χ4v) is 3.52. The predicted molar refractivity (Wildman–Crippen MR) is 78.6 cm³/mol. The molecule has 1 aliphatic rings. The first-order chi connectivity index (χ1) is 9.85. The highest BCUT2D eigenvalue weighted by atomic mass is 32.2. The lowest BCUT2D eigenvalue weighted by molar-refractivity contribution is -0.105. The third-order valence-corrected chi connectivity index (χ3v) is 5.14. The number of carbonyl (C=O) groups excluding carboxylic acids is 1.